The average Bonchev–Trinajstić information content (AvgIpc) is 2.81. The summed E-state index contributed by atoms with van der Waals surface area (Å²) in [5.74, 6) is 0.250. The van der Waals surface area contributed by atoms with Crippen LogP contribution < -0.4 is 25.0 Å². The van der Waals surface area contributed by atoms with E-state index in [2.05, 4.69) is 10.6 Å². The summed E-state index contributed by atoms with van der Waals surface area (Å²) in [4.78, 5) is 15.6. The Morgan fingerprint density at radius 3 is 2.38 bits per heavy atom. The van der Waals surface area contributed by atoms with Gasteiger partial charge in [0.1, 0.15) is 5.92 Å². The van der Waals surface area contributed by atoms with Crippen molar-refractivity contribution < 1.29 is 14.3 Å². The van der Waals surface area contributed by atoms with Crippen LogP contribution in [0.5, 0.6) is 11.5 Å². The lowest BCUT2D eigenvalue weighted by atomic mass is 9.78. The highest BCUT2D eigenvalue weighted by atomic mass is 35.5. The predicted octanol–water partition coefficient (Wildman–Crippen LogP) is 5.80. The molecule has 34 heavy (non-hydrogen) atoms. The van der Waals surface area contributed by atoms with Crippen LogP contribution in [-0.4, -0.2) is 23.9 Å². The molecule has 2 heterocycles. The van der Waals surface area contributed by atoms with Gasteiger partial charge in [-0.1, -0.05) is 35.3 Å². The van der Waals surface area contributed by atoms with Crippen molar-refractivity contribution in [3.05, 3.63) is 82.3 Å². The molecule has 1 fully saturated rings. The highest BCUT2D eigenvalue weighted by molar-refractivity contribution is 7.80. The summed E-state index contributed by atoms with van der Waals surface area (Å²) >= 11 is 17.9. The summed E-state index contributed by atoms with van der Waals surface area (Å²) in [5, 5.41) is 8.01. The van der Waals surface area contributed by atoms with E-state index >= 15 is 0 Å². The third kappa shape index (κ3) is 3.74. The second-order valence-electron chi connectivity index (χ2n) is 8.25. The zero-order chi connectivity index (χ0) is 24.0. The Hall–Kier alpha value is -3.00. The third-order valence-corrected chi connectivity index (χ3v) is 6.99. The van der Waals surface area contributed by atoms with E-state index in [1.54, 1.807) is 43.5 Å². The lowest BCUT2D eigenvalue weighted by Crippen LogP contribution is -2.72. The van der Waals surface area contributed by atoms with Crippen LogP contribution >= 0.6 is 35.4 Å². The van der Waals surface area contributed by atoms with Crippen LogP contribution in [0.3, 0.4) is 0 Å². The van der Waals surface area contributed by atoms with Crippen molar-refractivity contribution in [3.63, 3.8) is 0 Å². The molecular formula is C25H21Cl2N3O3S. The molecule has 6 nitrogen and oxygen atoms in total. The molecular weight excluding hydrogens is 493 g/mol. The number of thiocarbonyl (C=S) groups is 1. The SMILES string of the molecule is COc1cccc2c1O[C@@]1(C)[C@H](C(=O)Nc3ccc(Cl)cc3)[C@H]2NC(=S)N1c1ccc(Cl)cc1. The number of carbonyl (C=O) groups excluding carboxylic acids is 1. The van der Waals surface area contributed by atoms with E-state index in [1.807, 2.05) is 42.2 Å². The van der Waals surface area contributed by atoms with E-state index in [9.17, 15) is 4.79 Å². The van der Waals surface area contributed by atoms with Gasteiger partial charge in [-0.05, 0) is 73.7 Å². The zero-order valence-electron chi connectivity index (χ0n) is 18.3. The second-order valence-corrected chi connectivity index (χ2v) is 9.51. The number of ether oxygens (including phenoxy) is 2. The summed E-state index contributed by atoms with van der Waals surface area (Å²) in [5.41, 5.74) is 1.00. The maximum absolute atomic E-state index is 13.8. The fourth-order valence-corrected chi connectivity index (χ4v) is 5.33. The average molecular weight is 514 g/mol. The second kappa shape index (κ2) is 8.65. The van der Waals surface area contributed by atoms with Gasteiger partial charge in [0.05, 0.1) is 13.2 Å². The van der Waals surface area contributed by atoms with Crippen molar-refractivity contribution in [2.45, 2.75) is 18.7 Å². The molecule has 0 saturated carbocycles. The van der Waals surface area contributed by atoms with E-state index in [0.717, 1.165) is 11.3 Å². The van der Waals surface area contributed by atoms with Gasteiger partial charge in [0.15, 0.2) is 22.3 Å². The summed E-state index contributed by atoms with van der Waals surface area (Å²) in [7, 11) is 1.59. The van der Waals surface area contributed by atoms with Crippen molar-refractivity contribution in [2.24, 2.45) is 5.92 Å². The van der Waals surface area contributed by atoms with E-state index < -0.39 is 17.7 Å². The fourth-order valence-electron chi connectivity index (χ4n) is 4.66. The number of hydrogen-bond donors (Lipinski definition) is 2. The zero-order valence-corrected chi connectivity index (χ0v) is 20.7. The molecule has 0 aromatic heterocycles. The first-order valence-corrected chi connectivity index (χ1v) is 11.8. The first kappa shape index (κ1) is 22.8. The Morgan fingerprint density at radius 1 is 1.09 bits per heavy atom. The molecule has 0 radical (unpaired) electrons. The monoisotopic (exact) mass is 513 g/mol. The minimum atomic E-state index is -1.17. The Kier molecular flexibility index (Phi) is 5.80. The minimum Gasteiger partial charge on any atom is -0.493 e. The molecule has 0 spiro atoms. The van der Waals surface area contributed by atoms with Gasteiger partial charge in [-0.3, -0.25) is 9.69 Å². The van der Waals surface area contributed by atoms with Crippen LogP contribution in [0.1, 0.15) is 18.5 Å². The Bertz CT molecular complexity index is 1270. The summed E-state index contributed by atoms with van der Waals surface area (Å²) in [6, 6.07) is 19.4. The summed E-state index contributed by atoms with van der Waals surface area (Å²) in [6.45, 7) is 1.86. The number of carbonyl (C=O) groups is 1. The number of amides is 1. The lowest BCUT2D eigenvalue weighted by molar-refractivity contribution is -0.130. The summed E-state index contributed by atoms with van der Waals surface area (Å²) in [6.07, 6.45) is 0. The largest absolute Gasteiger partial charge is 0.493 e. The number of nitrogens with zero attached hydrogens (tertiary/aromatic N) is 1. The number of anilines is 2. The van der Waals surface area contributed by atoms with Crippen molar-refractivity contribution in [1.29, 1.82) is 0 Å². The standard InChI is InChI=1S/C25H21Cl2N3O3S/c1-25-20(23(31)28-16-10-6-14(26)7-11-16)21(18-4-3-5-19(32-2)22(18)33-25)29-24(34)30(25)17-12-8-15(27)9-13-17/h3-13,20-21H,1-2H3,(H,28,31)(H,29,34)/t20-,21-,25-/m0/s1. The van der Waals surface area contributed by atoms with Crippen LogP contribution in [0.4, 0.5) is 11.4 Å². The highest BCUT2D eigenvalue weighted by Gasteiger charge is 2.59. The summed E-state index contributed by atoms with van der Waals surface area (Å²) < 4.78 is 12.2. The number of halogens is 2. The van der Waals surface area contributed by atoms with E-state index in [-0.39, 0.29) is 5.91 Å². The Morgan fingerprint density at radius 2 is 1.74 bits per heavy atom. The maximum atomic E-state index is 13.8. The molecule has 0 unspecified atom stereocenters. The number of fused-ring (bicyclic) bond motifs is 4. The highest BCUT2D eigenvalue weighted by Crippen LogP contribution is 2.52. The minimum absolute atomic E-state index is 0.225. The molecule has 2 bridgehead atoms. The number of benzene rings is 3. The van der Waals surface area contributed by atoms with Gasteiger partial charge in [0.25, 0.3) is 0 Å². The van der Waals surface area contributed by atoms with Gasteiger partial charge >= 0.3 is 0 Å². The topological polar surface area (TPSA) is 62.8 Å². The van der Waals surface area contributed by atoms with Crippen LogP contribution in [0.2, 0.25) is 10.0 Å². The number of methoxy groups -OCH3 is 1. The molecule has 1 saturated heterocycles. The van der Waals surface area contributed by atoms with Crippen molar-refractivity contribution in [3.8, 4) is 11.5 Å². The van der Waals surface area contributed by atoms with Crippen molar-refractivity contribution >= 4 is 57.8 Å². The molecule has 2 N–H and O–H groups in total. The van der Waals surface area contributed by atoms with E-state index in [4.69, 9.17) is 44.9 Å². The van der Waals surface area contributed by atoms with E-state index in [1.165, 1.54) is 0 Å². The molecule has 0 aliphatic carbocycles. The molecule has 3 aromatic carbocycles. The predicted molar refractivity (Wildman–Crippen MR) is 138 cm³/mol. The van der Waals surface area contributed by atoms with Crippen LogP contribution in [0.15, 0.2) is 66.7 Å². The molecule has 5 rings (SSSR count). The van der Waals surface area contributed by atoms with E-state index in [0.29, 0.717) is 32.3 Å². The molecule has 2 aliphatic heterocycles. The van der Waals surface area contributed by atoms with Crippen LogP contribution in [0.25, 0.3) is 0 Å². The first-order valence-electron chi connectivity index (χ1n) is 10.6. The molecule has 3 aromatic rings. The number of rotatable bonds is 4. The van der Waals surface area contributed by atoms with Gasteiger partial charge in [-0.25, -0.2) is 0 Å². The quantitative estimate of drug-likeness (QED) is 0.429. The number of para-hydroxylation sites is 1. The normalized spacial score (nSPS) is 22.8. The Labute approximate surface area is 212 Å². The molecule has 174 valence electrons. The van der Waals surface area contributed by atoms with Gasteiger partial charge < -0.3 is 20.1 Å². The van der Waals surface area contributed by atoms with Gasteiger partial charge in [-0.15, -0.1) is 0 Å². The fraction of sp³-hybridized carbons (Fsp3) is 0.200. The smallest absolute Gasteiger partial charge is 0.236 e. The molecule has 3 atom stereocenters. The third-order valence-electron chi connectivity index (χ3n) is 6.19. The van der Waals surface area contributed by atoms with Gasteiger partial charge in [0, 0.05) is 27.0 Å². The van der Waals surface area contributed by atoms with Gasteiger partial charge in [0.2, 0.25) is 5.91 Å². The number of hydrogen-bond acceptors (Lipinski definition) is 4. The molecule has 2 aliphatic rings. The van der Waals surface area contributed by atoms with Crippen molar-refractivity contribution in [2.75, 3.05) is 17.3 Å². The molecule has 9 heteroatoms. The van der Waals surface area contributed by atoms with Crippen LogP contribution in [-0.2, 0) is 4.79 Å². The molecule has 1 amide bonds. The van der Waals surface area contributed by atoms with Gasteiger partial charge in [-0.2, -0.15) is 0 Å². The number of nitrogens with one attached hydrogen (secondary N) is 2. The lowest BCUT2D eigenvalue weighted by Gasteiger charge is -2.56. The first-order chi connectivity index (χ1) is 16.3. The Balaban J connectivity index is 1.64. The van der Waals surface area contributed by atoms with Crippen LogP contribution in [0, 0.1) is 5.92 Å². The maximum Gasteiger partial charge on any atom is 0.236 e. The van der Waals surface area contributed by atoms with Crippen molar-refractivity contribution in [1.82, 2.24) is 5.32 Å².